The second-order valence-corrected chi connectivity index (χ2v) is 7.78. The van der Waals surface area contributed by atoms with Crippen molar-refractivity contribution in [2.75, 3.05) is 19.7 Å². The van der Waals surface area contributed by atoms with Crippen LogP contribution in [0.5, 0.6) is 5.75 Å². The fraction of sp³-hybridized carbons (Fsp3) is 0.526. The van der Waals surface area contributed by atoms with Gasteiger partial charge in [0.15, 0.2) is 0 Å². The first-order valence-electron chi connectivity index (χ1n) is 9.34. The lowest BCUT2D eigenvalue weighted by atomic mass is 9.72. The highest BCUT2D eigenvalue weighted by Gasteiger charge is 2.50. The molecule has 4 aliphatic heterocycles. The Hall–Kier alpha value is -2.45. The van der Waals surface area contributed by atoms with Gasteiger partial charge in [-0.2, -0.15) is 0 Å². The fourth-order valence-corrected chi connectivity index (χ4v) is 4.84. The molecule has 2 saturated heterocycles. The highest BCUT2D eigenvalue weighted by atomic mass is 16.5. The Labute approximate surface area is 155 Å². The fourth-order valence-electron chi connectivity index (χ4n) is 4.84. The van der Waals surface area contributed by atoms with Crippen molar-refractivity contribution in [2.24, 2.45) is 0 Å². The van der Waals surface area contributed by atoms with Gasteiger partial charge in [-0.1, -0.05) is 6.07 Å². The number of aliphatic hydroxyl groups excluding tert-OH is 1. The van der Waals surface area contributed by atoms with E-state index in [4.69, 9.17) is 4.74 Å². The van der Waals surface area contributed by atoms with Crippen LogP contribution in [0.2, 0.25) is 0 Å². The van der Waals surface area contributed by atoms with Gasteiger partial charge in [0.25, 0.3) is 5.91 Å². The van der Waals surface area contributed by atoms with Gasteiger partial charge >= 0.3 is 0 Å². The van der Waals surface area contributed by atoms with Crippen LogP contribution in [0.15, 0.2) is 12.1 Å². The van der Waals surface area contributed by atoms with Crippen molar-refractivity contribution in [3.05, 3.63) is 28.8 Å². The van der Waals surface area contributed by atoms with Gasteiger partial charge < -0.3 is 20.1 Å². The quantitative estimate of drug-likeness (QED) is 0.571. The minimum absolute atomic E-state index is 0.210. The SMILES string of the molecule is O=C1CCC(N2Cc3c(ccc4c3OCC43CCNCC3O)C2=O)C(=O)N1. The number of fused-ring (bicyclic) bond motifs is 4. The van der Waals surface area contributed by atoms with Gasteiger partial charge in [-0.15, -0.1) is 0 Å². The molecule has 3 N–H and O–H groups in total. The highest BCUT2D eigenvalue weighted by molar-refractivity contribution is 6.05. The number of hydrogen-bond acceptors (Lipinski definition) is 6. The molecular weight excluding hydrogens is 350 g/mol. The molecular formula is C19H21N3O5. The topological polar surface area (TPSA) is 108 Å². The molecule has 3 amide bonds. The zero-order chi connectivity index (χ0) is 18.8. The number of aliphatic hydroxyl groups is 1. The van der Waals surface area contributed by atoms with Gasteiger partial charge in [0.05, 0.1) is 18.1 Å². The Balaban J connectivity index is 1.50. The number of carbonyl (C=O) groups is 3. The monoisotopic (exact) mass is 371 g/mol. The second kappa shape index (κ2) is 5.77. The Morgan fingerprint density at radius 2 is 2.11 bits per heavy atom. The summed E-state index contributed by atoms with van der Waals surface area (Å²) in [5.74, 6) is -0.254. The summed E-state index contributed by atoms with van der Waals surface area (Å²) in [6.45, 7) is 2.00. The lowest BCUT2D eigenvalue weighted by molar-refractivity contribution is -0.136. The van der Waals surface area contributed by atoms with Gasteiger partial charge in [-0.05, 0) is 25.5 Å². The maximum Gasteiger partial charge on any atom is 0.255 e. The molecule has 1 spiro atoms. The molecule has 2 fully saturated rings. The molecule has 0 aliphatic carbocycles. The normalized spacial score (nSPS) is 32.3. The van der Waals surface area contributed by atoms with E-state index >= 15 is 0 Å². The first-order chi connectivity index (χ1) is 13.0. The number of nitrogens with one attached hydrogen (secondary N) is 2. The predicted molar refractivity (Wildman–Crippen MR) is 93.2 cm³/mol. The van der Waals surface area contributed by atoms with Crippen LogP contribution in [0, 0.1) is 0 Å². The first-order valence-corrected chi connectivity index (χ1v) is 9.34. The van der Waals surface area contributed by atoms with E-state index in [9.17, 15) is 19.5 Å². The van der Waals surface area contributed by atoms with Crippen molar-refractivity contribution in [1.29, 1.82) is 0 Å². The first kappa shape index (κ1) is 16.7. The molecule has 142 valence electrons. The van der Waals surface area contributed by atoms with E-state index in [1.54, 1.807) is 6.07 Å². The average Bonchev–Trinajstić information content (AvgIpc) is 3.17. The molecule has 3 atom stereocenters. The van der Waals surface area contributed by atoms with Gasteiger partial charge in [-0.3, -0.25) is 19.7 Å². The van der Waals surface area contributed by atoms with Crippen LogP contribution in [0.1, 0.15) is 40.7 Å². The number of amides is 3. The molecule has 5 rings (SSSR count). The number of imide groups is 1. The summed E-state index contributed by atoms with van der Waals surface area (Å²) < 4.78 is 6.01. The largest absolute Gasteiger partial charge is 0.492 e. The average molecular weight is 371 g/mol. The third kappa shape index (κ3) is 2.26. The lowest BCUT2D eigenvalue weighted by Crippen LogP contribution is -2.52. The van der Waals surface area contributed by atoms with E-state index in [1.807, 2.05) is 6.07 Å². The van der Waals surface area contributed by atoms with Crippen LogP contribution >= 0.6 is 0 Å². The highest BCUT2D eigenvalue weighted by Crippen LogP contribution is 2.48. The molecule has 0 saturated carbocycles. The zero-order valence-corrected chi connectivity index (χ0v) is 14.8. The van der Waals surface area contributed by atoms with Crippen LogP contribution in [-0.4, -0.2) is 59.6 Å². The predicted octanol–water partition coefficient (Wildman–Crippen LogP) is -0.568. The summed E-state index contributed by atoms with van der Waals surface area (Å²) in [4.78, 5) is 38.0. The van der Waals surface area contributed by atoms with Crippen LogP contribution in [0.4, 0.5) is 0 Å². The summed E-state index contributed by atoms with van der Waals surface area (Å²) in [7, 11) is 0. The summed E-state index contributed by atoms with van der Waals surface area (Å²) in [6.07, 6.45) is 0.786. The number of β-amino-alcohol motifs (C(OH)–C–C–N with tert-alkyl or cyclic N) is 1. The third-order valence-corrected chi connectivity index (χ3v) is 6.40. The van der Waals surface area contributed by atoms with Crippen molar-refractivity contribution in [2.45, 2.75) is 43.4 Å². The lowest BCUT2D eigenvalue weighted by Gasteiger charge is -2.37. The number of benzene rings is 1. The van der Waals surface area contributed by atoms with Crippen molar-refractivity contribution < 1.29 is 24.2 Å². The van der Waals surface area contributed by atoms with E-state index in [0.717, 1.165) is 24.1 Å². The maximum absolute atomic E-state index is 12.9. The standard InChI is InChI=1S/C19H21N3O5/c23-14-7-20-6-5-19(14)9-27-16-11-8-22(13-3-4-15(24)21-17(13)25)18(26)10(11)1-2-12(16)19/h1-2,13-14,20,23H,3-9H2,(H,21,24,25). The molecule has 8 nitrogen and oxygen atoms in total. The molecule has 0 radical (unpaired) electrons. The minimum atomic E-state index is -0.641. The Morgan fingerprint density at radius 3 is 2.89 bits per heavy atom. The van der Waals surface area contributed by atoms with Gasteiger partial charge in [0.2, 0.25) is 11.8 Å². The Bertz CT molecular complexity index is 869. The number of rotatable bonds is 1. The smallest absolute Gasteiger partial charge is 0.255 e. The molecule has 1 aromatic carbocycles. The molecule has 4 heterocycles. The number of ether oxygens (including phenoxy) is 1. The Kier molecular flexibility index (Phi) is 3.57. The van der Waals surface area contributed by atoms with Gasteiger partial charge in [0.1, 0.15) is 18.4 Å². The van der Waals surface area contributed by atoms with Crippen LogP contribution in [0.25, 0.3) is 0 Å². The van der Waals surface area contributed by atoms with Crippen molar-refractivity contribution in [3.63, 3.8) is 0 Å². The van der Waals surface area contributed by atoms with Crippen molar-refractivity contribution in [1.82, 2.24) is 15.5 Å². The van der Waals surface area contributed by atoms with Crippen LogP contribution < -0.4 is 15.4 Å². The molecule has 8 heteroatoms. The van der Waals surface area contributed by atoms with E-state index < -0.39 is 23.5 Å². The number of nitrogens with zero attached hydrogens (tertiary/aromatic N) is 1. The maximum atomic E-state index is 12.9. The van der Waals surface area contributed by atoms with Gasteiger partial charge in [0, 0.05) is 29.7 Å². The van der Waals surface area contributed by atoms with Gasteiger partial charge in [-0.25, -0.2) is 0 Å². The van der Waals surface area contributed by atoms with Crippen LogP contribution in [0.3, 0.4) is 0 Å². The summed E-state index contributed by atoms with van der Waals surface area (Å²) >= 11 is 0. The van der Waals surface area contributed by atoms with Crippen molar-refractivity contribution >= 4 is 17.7 Å². The molecule has 3 unspecified atom stereocenters. The summed E-state index contributed by atoms with van der Waals surface area (Å²) in [5, 5.41) is 16.1. The third-order valence-electron chi connectivity index (χ3n) is 6.40. The molecule has 27 heavy (non-hydrogen) atoms. The molecule has 1 aromatic rings. The summed E-state index contributed by atoms with van der Waals surface area (Å²) in [6, 6.07) is 3.04. The van der Waals surface area contributed by atoms with E-state index in [1.165, 1.54) is 4.90 Å². The second-order valence-electron chi connectivity index (χ2n) is 7.78. The Morgan fingerprint density at radius 1 is 1.26 bits per heavy atom. The molecule has 4 aliphatic rings. The number of hydrogen-bond donors (Lipinski definition) is 3. The molecule has 0 aromatic heterocycles. The minimum Gasteiger partial charge on any atom is -0.492 e. The van der Waals surface area contributed by atoms with Crippen LogP contribution in [-0.2, 0) is 21.5 Å². The van der Waals surface area contributed by atoms with E-state index in [2.05, 4.69) is 10.6 Å². The van der Waals surface area contributed by atoms with E-state index in [-0.39, 0.29) is 24.8 Å². The number of piperidine rings is 2. The number of carbonyl (C=O) groups excluding carboxylic acids is 3. The van der Waals surface area contributed by atoms with E-state index in [0.29, 0.717) is 30.9 Å². The zero-order valence-electron chi connectivity index (χ0n) is 14.8. The van der Waals surface area contributed by atoms with Crippen molar-refractivity contribution in [3.8, 4) is 5.75 Å². The molecule has 0 bridgehead atoms. The summed E-state index contributed by atoms with van der Waals surface area (Å²) in [5.41, 5.74) is 1.83.